The van der Waals surface area contributed by atoms with Crippen LogP contribution in [-0.4, -0.2) is 51.6 Å². The summed E-state index contributed by atoms with van der Waals surface area (Å²) in [5.74, 6) is -1.94. The maximum atomic E-state index is 12.2. The molecule has 168 valence electrons. The average molecular weight is 444 g/mol. The van der Waals surface area contributed by atoms with Crippen molar-refractivity contribution >= 4 is 40.2 Å². The second-order valence-corrected chi connectivity index (χ2v) is 9.59. The number of anilines is 1. The third-order valence-electron chi connectivity index (χ3n) is 3.24. The molecule has 0 bridgehead atoms. The fourth-order valence-corrected chi connectivity index (χ4v) is 2.66. The van der Waals surface area contributed by atoms with Gasteiger partial charge in [0.15, 0.2) is 5.13 Å². The van der Waals surface area contributed by atoms with Crippen LogP contribution in [0.25, 0.3) is 0 Å². The number of carboxylic acid groups (broad SMARTS) is 1. The van der Waals surface area contributed by atoms with Gasteiger partial charge in [0.2, 0.25) is 11.3 Å². The van der Waals surface area contributed by atoms with Gasteiger partial charge in [-0.25, -0.2) is 19.4 Å². The summed E-state index contributed by atoms with van der Waals surface area (Å²) in [5.41, 5.74) is -2.70. The Morgan fingerprint density at radius 3 is 2.30 bits per heavy atom. The minimum atomic E-state index is -1.50. The molecular formula is C19H29N3O7S. The van der Waals surface area contributed by atoms with Gasteiger partial charge in [-0.05, 0) is 47.5 Å². The van der Waals surface area contributed by atoms with Crippen LogP contribution in [-0.2, 0) is 23.9 Å². The Bertz CT molecular complexity index is 823. The van der Waals surface area contributed by atoms with Crippen molar-refractivity contribution < 1.29 is 33.8 Å². The molecule has 0 saturated heterocycles. The second kappa shape index (κ2) is 9.88. The van der Waals surface area contributed by atoms with Gasteiger partial charge in [-0.3, -0.25) is 5.32 Å². The van der Waals surface area contributed by atoms with Crippen molar-refractivity contribution in [2.45, 2.75) is 66.6 Å². The van der Waals surface area contributed by atoms with E-state index < -0.39 is 34.9 Å². The Hall–Kier alpha value is -2.69. The first-order valence-electron chi connectivity index (χ1n) is 9.27. The summed E-state index contributed by atoms with van der Waals surface area (Å²) in [5, 5.41) is 15.8. The largest absolute Gasteiger partial charge is 0.476 e. The fourth-order valence-electron chi connectivity index (χ4n) is 1.86. The number of ether oxygens (including phenoxy) is 2. The number of oxime groups is 1. The molecule has 0 unspecified atom stereocenters. The molecule has 0 radical (unpaired) electrons. The number of aliphatic carboxylic acids is 1. The molecule has 30 heavy (non-hydrogen) atoms. The Kier molecular flexibility index (Phi) is 8.34. The number of nitrogens with one attached hydrogen (secondary N) is 1. The van der Waals surface area contributed by atoms with Gasteiger partial charge >= 0.3 is 18.0 Å². The lowest BCUT2D eigenvalue weighted by atomic mass is 10.1. The van der Waals surface area contributed by atoms with E-state index in [1.165, 1.54) is 13.8 Å². The summed E-state index contributed by atoms with van der Waals surface area (Å²) < 4.78 is 10.3. The standard InChI is InChI=1S/C19H29N3O7S/c1-10(2)9-27-15(25)19(7,8)29-22-13(14(23)24)12-11(3)30-16(20-12)21-17(26)28-18(4,5)6/h10H,9H2,1-8H3,(H,23,24)(H,20,21,26)/b22-13-. The molecule has 1 rings (SSSR count). The molecule has 10 nitrogen and oxygen atoms in total. The predicted molar refractivity (Wildman–Crippen MR) is 112 cm³/mol. The normalized spacial score (nSPS) is 12.5. The maximum Gasteiger partial charge on any atom is 0.413 e. The van der Waals surface area contributed by atoms with Gasteiger partial charge in [-0.15, -0.1) is 11.3 Å². The van der Waals surface area contributed by atoms with E-state index in [2.05, 4.69) is 15.5 Å². The lowest BCUT2D eigenvalue weighted by Gasteiger charge is -2.21. The molecule has 0 aliphatic carbocycles. The van der Waals surface area contributed by atoms with Crippen molar-refractivity contribution in [3.05, 3.63) is 10.6 Å². The third-order valence-corrected chi connectivity index (χ3v) is 4.12. The minimum absolute atomic E-state index is 0.00454. The molecule has 0 aliphatic rings. The van der Waals surface area contributed by atoms with Gasteiger partial charge in [0.1, 0.15) is 11.3 Å². The number of hydrogen-bond acceptors (Lipinski definition) is 9. The lowest BCUT2D eigenvalue weighted by Crippen LogP contribution is -2.36. The minimum Gasteiger partial charge on any atom is -0.476 e. The SMILES string of the molecule is Cc1sc(NC(=O)OC(C)(C)C)nc1/C(=N/OC(C)(C)C(=O)OCC(C)C)C(=O)O. The molecule has 0 fully saturated rings. The second-order valence-electron chi connectivity index (χ2n) is 8.39. The van der Waals surface area contributed by atoms with Crippen LogP contribution in [0.5, 0.6) is 0 Å². The van der Waals surface area contributed by atoms with Crippen LogP contribution >= 0.6 is 11.3 Å². The molecular weight excluding hydrogens is 414 g/mol. The first-order valence-corrected chi connectivity index (χ1v) is 10.1. The highest BCUT2D eigenvalue weighted by Gasteiger charge is 2.33. The van der Waals surface area contributed by atoms with Gasteiger partial charge in [-0.2, -0.15) is 0 Å². The first-order chi connectivity index (χ1) is 13.6. The zero-order valence-electron chi connectivity index (χ0n) is 18.5. The Morgan fingerprint density at radius 2 is 1.80 bits per heavy atom. The Balaban J connectivity index is 3.02. The van der Waals surface area contributed by atoms with Crippen molar-refractivity contribution in [3.8, 4) is 0 Å². The lowest BCUT2D eigenvalue weighted by molar-refractivity contribution is -0.169. The van der Waals surface area contributed by atoms with Crippen LogP contribution in [0.1, 0.15) is 59.0 Å². The van der Waals surface area contributed by atoms with Crippen LogP contribution in [0.3, 0.4) is 0 Å². The number of esters is 1. The number of aromatic nitrogens is 1. The Labute approximate surface area is 179 Å². The molecule has 1 heterocycles. The molecule has 0 aliphatic heterocycles. The van der Waals surface area contributed by atoms with Crippen LogP contribution in [0.15, 0.2) is 5.16 Å². The van der Waals surface area contributed by atoms with Crippen LogP contribution in [0.2, 0.25) is 0 Å². The van der Waals surface area contributed by atoms with Gasteiger partial charge < -0.3 is 19.4 Å². The van der Waals surface area contributed by atoms with Gasteiger partial charge in [0.05, 0.1) is 6.61 Å². The molecule has 0 aromatic carbocycles. The van der Waals surface area contributed by atoms with E-state index in [1.807, 2.05) is 13.8 Å². The number of nitrogens with zero attached hydrogens (tertiary/aromatic N) is 2. The van der Waals surface area contributed by atoms with Gasteiger partial charge in [-0.1, -0.05) is 19.0 Å². The fraction of sp³-hybridized carbons (Fsp3) is 0.632. The van der Waals surface area contributed by atoms with Crippen LogP contribution in [0, 0.1) is 12.8 Å². The smallest absolute Gasteiger partial charge is 0.413 e. The topological polar surface area (TPSA) is 136 Å². The summed E-state index contributed by atoms with van der Waals surface area (Å²) >= 11 is 1.05. The zero-order chi connectivity index (χ0) is 23.3. The van der Waals surface area contributed by atoms with E-state index in [1.54, 1.807) is 27.7 Å². The van der Waals surface area contributed by atoms with Crippen LogP contribution in [0.4, 0.5) is 9.93 Å². The van der Waals surface area contributed by atoms with Gasteiger partial charge in [0.25, 0.3) is 0 Å². The Morgan fingerprint density at radius 1 is 1.20 bits per heavy atom. The molecule has 1 aromatic rings. The quantitative estimate of drug-likeness (QED) is 0.353. The van der Waals surface area contributed by atoms with Crippen molar-refractivity contribution in [3.63, 3.8) is 0 Å². The van der Waals surface area contributed by atoms with E-state index in [9.17, 15) is 19.5 Å². The van der Waals surface area contributed by atoms with Crippen molar-refractivity contribution in [1.82, 2.24) is 4.98 Å². The summed E-state index contributed by atoms with van der Waals surface area (Å²) in [6.45, 7) is 13.6. The predicted octanol–water partition coefficient (Wildman–Crippen LogP) is 3.58. The van der Waals surface area contributed by atoms with Gasteiger partial charge in [0, 0.05) is 4.88 Å². The zero-order valence-corrected chi connectivity index (χ0v) is 19.3. The van der Waals surface area contributed by atoms with E-state index >= 15 is 0 Å². The number of thiazole rings is 1. The number of hydrogen-bond donors (Lipinski definition) is 2. The highest BCUT2D eigenvalue weighted by Crippen LogP contribution is 2.24. The number of carbonyl (C=O) groups is 3. The van der Waals surface area contributed by atoms with E-state index in [0.29, 0.717) is 4.88 Å². The maximum absolute atomic E-state index is 12.2. The molecule has 11 heteroatoms. The first kappa shape index (κ1) is 25.3. The molecule has 0 spiro atoms. The van der Waals surface area contributed by atoms with Crippen molar-refractivity contribution in [2.24, 2.45) is 11.1 Å². The summed E-state index contributed by atoms with van der Waals surface area (Å²) in [7, 11) is 0. The number of rotatable bonds is 8. The molecule has 1 aromatic heterocycles. The molecule has 0 saturated carbocycles. The van der Waals surface area contributed by atoms with E-state index in [4.69, 9.17) is 14.3 Å². The van der Waals surface area contributed by atoms with E-state index in [0.717, 1.165) is 11.3 Å². The van der Waals surface area contributed by atoms with Crippen LogP contribution < -0.4 is 5.32 Å². The molecule has 1 amide bonds. The number of carboxylic acids is 1. The molecule has 2 N–H and O–H groups in total. The average Bonchev–Trinajstić information content (AvgIpc) is 2.90. The van der Waals surface area contributed by atoms with E-state index in [-0.39, 0.29) is 23.4 Å². The summed E-state index contributed by atoms with van der Waals surface area (Å²) in [6, 6.07) is 0. The summed E-state index contributed by atoms with van der Waals surface area (Å²) in [4.78, 5) is 45.5. The third kappa shape index (κ3) is 7.97. The highest BCUT2D eigenvalue weighted by molar-refractivity contribution is 7.16. The molecule has 0 atom stereocenters. The highest BCUT2D eigenvalue weighted by atomic mass is 32.1. The summed E-state index contributed by atoms with van der Waals surface area (Å²) in [6.07, 6.45) is -0.720. The number of amides is 1. The monoisotopic (exact) mass is 443 g/mol. The van der Waals surface area contributed by atoms with Crippen molar-refractivity contribution in [2.75, 3.05) is 11.9 Å². The van der Waals surface area contributed by atoms with Crippen molar-refractivity contribution in [1.29, 1.82) is 0 Å². The number of carbonyl (C=O) groups excluding carboxylic acids is 2. The number of aryl methyl sites for hydroxylation is 1.